The fraction of sp³-hybridized carbons (Fsp3) is 0.542. The smallest absolute Gasteiger partial charge is 0.310 e. The van der Waals surface area contributed by atoms with E-state index in [9.17, 15) is 14.4 Å². The maximum Gasteiger partial charge on any atom is 0.310 e. The first-order valence-corrected chi connectivity index (χ1v) is 10.6. The molecule has 0 amide bonds. The second-order valence-corrected chi connectivity index (χ2v) is 6.41. The molecule has 0 aromatic carbocycles. The molecule has 0 aromatic heterocycles. The van der Waals surface area contributed by atoms with Gasteiger partial charge >= 0.3 is 17.9 Å². The van der Waals surface area contributed by atoms with Crippen LogP contribution in [0.5, 0.6) is 0 Å². The van der Waals surface area contributed by atoms with Crippen molar-refractivity contribution in [1.82, 2.24) is 0 Å². The van der Waals surface area contributed by atoms with Gasteiger partial charge in [0.2, 0.25) is 0 Å². The van der Waals surface area contributed by atoms with E-state index in [1.165, 1.54) is 0 Å². The summed E-state index contributed by atoms with van der Waals surface area (Å²) >= 11 is 0. The first-order chi connectivity index (χ1) is 14.5. The Labute approximate surface area is 180 Å². The van der Waals surface area contributed by atoms with E-state index in [0.717, 1.165) is 25.7 Å². The monoisotopic (exact) mass is 420 g/mol. The van der Waals surface area contributed by atoms with Crippen molar-refractivity contribution in [3.05, 3.63) is 48.6 Å². The molecule has 0 N–H and O–H groups in total. The maximum atomic E-state index is 12.0. The Bertz CT molecular complexity index is 601. The molecule has 0 saturated carbocycles. The lowest BCUT2D eigenvalue weighted by atomic mass is 10.3. The Kier molecular flexibility index (Phi) is 18.0. The van der Waals surface area contributed by atoms with Gasteiger partial charge in [-0.1, -0.05) is 69.4 Å². The molecule has 6 heteroatoms. The van der Waals surface area contributed by atoms with Gasteiger partial charge < -0.3 is 14.2 Å². The lowest BCUT2D eigenvalue weighted by Gasteiger charge is -2.17. The fourth-order valence-electron chi connectivity index (χ4n) is 2.12. The van der Waals surface area contributed by atoms with Crippen LogP contribution in [-0.2, 0) is 28.6 Å². The molecule has 0 heterocycles. The van der Waals surface area contributed by atoms with Crippen LogP contribution in [-0.4, -0.2) is 37.2 Å². The van der Waals surface area contributed by atoms with Gasteiger partial charge in [-0.25, -0.2) is 0 Å². The number of rotatable bonds is 16. The standard InChI is InChI=1S/C24H36O6/c1-4-7-9-11-13-15-17-23(26)29-20-21(19-28-22(25)6-3)30-24(27)18-16-14-12-10-8-5-2/h7-10,13-16,21H,4-6,11-12,17-20H2,1-3H3/b9-7-,10-8-,15-13-,16-14-. The third-order valence-electron chi connectivity index (χ3n) is 3.70. The lowest BCUT2D eigenvalue weighted by molar-refractivity contribution is -0.165. The molecule has 0 fully saturated rings. The van der Waals surface area contributed by atoms with Crippen molar-refractivity contribution in [3.63, 3.8) is 0 Å². The summed E-state index contributed by atoms with van der Waals surface area (Å²) in [6.45, 7) is 5.47. The van der Waals surface area contributed by atoms with Crippen LogP contribution >= 0.6 is 0 Å². The van der Waals surface area contributed by atoms with Crippen molar-refractivity contribution >= 4 is 17.9 Å². The van der Waals surface area contributed by atoms with Crippen LogP contribution in [0.1, 0.15) is 65.7 Å². The minimum Gasteiger partial charge on any atom is -0.462 e. The van der Waals surface area contributed by atoms with Crippen LogP contribution < -0.4 is 0 Å². The zero-order chi connectivity index (χ0) is 22.5. The van der Waals surface area contributed by atoms with E-state index in [1.807, 2.05) is 30.4 Å². The molecule has 1 unspecified atom stereocenters. The van der Waals surface area contributed by atoms with Gasteiger partial charge in [-0.05, 0) is 25.7 Å². The SMILES string of the molecule is CC/C=C\C/C=C\CC(=O)OCC(COC(=O)CC)OC(=O)C/C=C\C/C=C\CC. The molecule has 0 bridgehead atoms. The van der Waals surface area contributed by atoms with Gasteiger partial charge in [0.1, 0.15) is 13.2 Å². The minimum atomic E-state index is -0.832. The normalized spacial score (nSPS) is 12.8. The predicted octanol–water partition coefficient (Wildman–Crippen LogP) is 5.00. The van der Waals surface area contributed by atoms with Crippen molar-refractivity contribution in [3.8, 4) is 0 Å². The number of carbonyl (C=O) groups excluding carboxylic acids is 3. The zero-order valence-electron chi connectivity index (χ0n) is 18.5. The highest BCUT2D eigenvalue weighted by atomic mass is 16.6. The van der Waals surface area contributed by atoms with Crippen molar-refractivity contribution in [1.29, 1.82) is 0 Å². The van der Waals surface area contributed by atoms with Crippen LogP contribution in [0.4, 0.5) is 0 Å². The summed E-state index contributed by atoms with van der Waals surface area (Å²) in [5, 5.41) is 0. The van der Waals surface area contributed by atoms with Gasteiger partial charge in [0, 0.05) is 6.42 Å². The number of allylic oxidation sites excluding steroid dienone is 6. The first kappa shape index (κ1) is 27.4. The van der Waals surface area contributed by atoms with E-state index in [0.29, 0.717) is 0 Å². The Hall–Kier alpha value is -2.63. The summed E-state index contributed by atoms with van der Waals surface area (Å²) in [6, 6.07) is 0. The first-order valence-electron chi connectivity index (χ1n) is 10.6. The summed E-state index contributed by atoms with van der Waals surface area (Å²) < 4.78 is 15.5. The van der Waals surface area contributed by atoms with E-state index in [1.54, 1.807) is 19.1 Å². The molecule has 0 radical (unpaired) electrons. The van der Waals surface area contributed by atoms with Crippen molar-refractivity contribution in [2.75, 3.05) is 13.2 Å². The number of ether oxygens (including phenoxy) is 3. The van der Waals surface area contributed by atoms with Crippen LogP contribution in [0.25, 0.3) is 0 Å². The van der Waals surface area contributed by atoms with Crippen molar-refractivity contribution in [2.24, 2.45) is 0 Å². The molecule has 0 saturated heterocycles. The molecule has 0 spiro atoms. The highest BCUT2D eigenvalue weighted by molar-refractivity contribution is 5.72. The van der Waals surface area contributed by atoms with Gasteiger partial charge in [0.25, 0.3) is 0 Å². The highest BCUT2D eigenvalue weighted by Crippen LogP contribution is 2.03. The summed E-state index contributed by atoms with van der Waals surface area (Å²) in [7, 11) is 0. The molecular formula is C24H36O6. The Morgan fingerprint density at radius 3 is 1.60 bits per heavy atom. The van der Waals surface area contributed by atoms with Gasteiger partial charge in [-0.2, -0.15) is 0 Å². The fourth-order valence-corrected chi connectivity index (χ4v) is 2.12. The molecule has 168 valence electrons. The zero-order valence-corrected chi connectivity index (χ0v) is 18.5. The van der Waals surface area contributed by atoms with Crippen LogP contribution in [0, 0.1) is 0 Å². The number of esters is 3. The maximum absolute atomic E-state index is 12.0. The second-order valence-electron chi connectivity index (χ2n) is 6.41. The average Bonchev–Trinajstić information content (AvgIpc) is 2.74. The van der Waals surface area contributed by atoms with E-state index in [2.05, 4.69) is 19.9 Å². The van der Waals surface area contributed by atoms with Crippen LogP contribution in [0.2, 0.25) is 0 Å². The third kappa shape index (κ3) is 17.5. The molecule has 30 heavy (non-hydrogen) atoms. The van der Waals surface area contributed by atoms with E-state index in [-0.39, 0.29) is 32.5 Å². The number of hydrogen-bond acceptors (Lipinski definition) is 6. The minimum absolute atomic E-state index is 0.0974. The average molecular weight is 421 g/mol. The Balaban J connectivity index is 4.46. The number of hydrogen-bond donors (Lipinski definition) is 0. The largest absolute Gasteiger partial charge is 0.462 e. The van der Waals surface area contributed by atoms with Crippen molar-refractivity contribution in [2.45, 2.75) is 71.8 Å². The molecular weight excluding hydrogens is 384 g/mol. The van der Waals surface area contributed by atoms with E-state index < -0.39 is 24.0 Å². The van der Waals surface area contributed by atoms with Gasteiger partial charge in [-0.3, -0.25) is 14.4 Å². The van der Waals surface area contributed by atoms with E-state index in [4.69, 9.17) is 14.2 Å². The number of carbonyl (C=O) groups is 3. The van der Waals surface area contributed by atoms with E-state index >= 15 is 0 Å². The van der Waals surface area contributed by atoms with Gasteiger partial charge in [-0.15, -0.1) is 0 Å². The van der Waals surface area contributed by atoms with Crippen molar-refractivity contribution < 1.29 is 28.6 Å². The molecule has 1 atom stereocenters. The Morgan fingerprint density at radius 2 is 1.10 bits per heavy atom. The second kappa shape index (κ2) is 19.7. The molecule has 0 aliphatic rings. The van der Waals surface area contributed by atoms with Gasteiger partial charge in [0.15, 0.2) is 6.10 Å². The van der Waals surface area contributed by atoms with Crippen LogP contribution in [0.3, 0.4) is 0 Å². The molecule has 0 aliphatic carbocycles. The van der Waals surface area contributed by atoms with Gasteiger partial charge in [0.05, 0.1) is 12.8 Å². The summed E-state index contributed by atoms with van der Waals surface area (Å²) in [5.41, 5.74) is 0. The topological polar surface area (TPSA) is 78.9 Å². The molecule has 0 aliphatic heterocycles. The third-order valence-corrected chi connectivity index (χ3v) is 3.70. The predicted molar refractivity (Wildman–Crippen MR) is 118 cm³/mol. The molecule has 6 nitrogen and oxygen atoms in total. The highest BCUT2D eigenvalue weighted by Gasteiger charge is 2.18. The molecule has 0 rings (SSSR count). The Morgan fingerprint density at radius 1 is 0.633 bits per heavy atom. The quantitative estimate of drug-likeness (QED) is 0.199. The summed E-state index contributed by atoms with van der Waals surface area (Å²) in [4.78, 5) is 35.2. The summed E-state index contributed by atoms with van der Waals surface area (Å²) in [5.74, 6) is -1.31. The summed E-state index contributed by atoms with van der Waals surface area (Å²) in [6.07, 6.45) is 18.4. The molecule has 0 aromatic rings. The lowest BCUT2D eigenvalue weighted by Crippen LogP contribution is -2.30. The van der Waals surface area contributed by atoms with Crippen LogP contribution in [0.15, 0.2) is 48.6 Å².